The second-order valence-corrected chi connectivity index (χ2v) is 3.58. The number of nitrogens with one attached hydrogen (secondary N) is 1. The average molecular weight is 172 g/mol. The van der Waals surface area contributed by atoms with Gasteiger partial charge in [0, 0.05) is 19.5 Å². The van der Waals surface area contributed by atoms with Gasteiger partial charge >= 0.3 is 0 Å². The van der Waals surface area contributed by atoms with Gasteiger partial charge in [-0.2, -0.15) is 0 Å². The SMILES string of the molecule is CCN1CC[NH+](CCCN)CC1. The van der Waals surface area contributed by atoms with Crippen molar-refractivity contribution in [3.8, 4) is 0 Å². The molecule has 3 N–H and O–H groups in total. The Labute approximate surface area is 75.5 Å². The van der Waals surface area contributed by atoms with Crippen molar-refractivity contribution in [2.45, 2.75) is 13.3 Å². The fourth-order valence-electron chi connectivity index (χ4n) is 1.79. The topological polar surface area (TPSA) is 33.7 Å². The lowest BCUT2D eigenvalue weighted by atomic mass is 10.3. The summed E-state index contributed by atoms with van der Waals surface area (Å²) in [5.41, 5.74) is 5.48. The number of quaternary nitrogens is 1. The van der Waals surface area contributed by atoms with Crippen LogP contribution >= 0.6 is 0 Å². The second-order valence-electron chi connectivity index (χ2n) is 3.58. The lowest BCUT2D eigenvalue weighted by molar-refractivity contribution is -0.904. The minimum Gasteiger partial charge on any atom is -0.333 e. The summed E-state index contributed by atoms with van der Waals surface area (Å²) in [7, 11) is 0. The smallest absolute Gasteiger partial charge is 0.0900 e. The molecule has 1 fully saturated rings. The van der Waals surface area contributed by atoms with Crippen LogP contribution in [0.3, 0.4) is 0 Å². The van der Waals surface area contributed by atoms with E-state index in [-0.39, 0.29) is 0 Å². The highest BCUT2D eigenvalue weighted by molar-refractivity contribution is 4.57. The summed E-state index contributed by atoms with van der Waals surface area (Å²) < 4.78 is 0. The van der Waals surface area contributed by atoms with E-state index in [1.165, 1.54) is 45.7 Å². The minimum atomic E-state index is 0.848. The van der Waals surface area contributed by atoms with Crippen LogP contribution in [-0.2, 0) is 0 Å². The number of hydrogen-bond donors (Lipinski definition) is 2. The lowest BCUT2D eigenvalue weighted by Crippen LogP contribution is -3.14. The Balaban J connectivity index is 2.09. The first kappa shape index (κ1) is 9.96. The molecular weight excluding hydrogens is 150 g/mol. The number of hydrogen-bond acceptors (Lipinski definition) is 2. The van der Waals surface area contributed by atoms with Gasteiger partial charge in [-0.15, -0.1) is 0 Å². The monoisotopic (exact) mass is 172 g/mol. The van der Waals surface area contributed by atoms with Gasteiger partial charge < -0.3 is 10.6 Å². The van der Waals surface area contributed by atoms with E-state index in [0.29, 0.717) is 0 Å². The molecule has 0 amide bonds. The van der Waals surface area contributed by atoms with Gasteiger partial charge in [0.15, 0.2) is 0 Å². The first-order chi connectivity index (χ1) is 5.86. The van der Waals surface area contributed by atoms with Crippen molar-refractivity contribution in [3.05, 3.63) is 0 Å². The summed E-state index contributed by atoms with van der Waals surface area (Å²) in [6, 6.07) is 0. The molecule has 0 aliphatic carbocycles. The zero-order valence-electron chi connectivity index (χ0n) is 8.18. The summed E-state index contributed by atoms with van der Waals surface area (Å²) in [5, 5.41) is 0. The average Bonchev–Trinajstić information content (AvgIpc) is 2.15. The van der Waals surface area contributed by atoms with Gasteiger partial charge in [0.2, 0.25) is 0 Å². The van der Waals surface area contributed by atoms with Crippen LogP contribution in [0.25, 0.3) is 0 Å². The van der Waals surface area contributed by atoms with E-state index in [1.54, 1.807) is 4.90 Å². The molecule has 1 aliphatic heterocycles. The Kier molecular flexibility index (Phi) is 4.58. The molecular formula is C9H22N3+. The van der Waals surface area contributed by atoms with Gasteiger partial charge in [0.1, 0.15) is 0 Å². The van der Waals surface area contributed by atoms with Crippen molar-refractivity contribution in [1.82, 2.24) is 4.90 Å². The first-order valence-electron chi connectivity index (χ1n) is 5.12. The second kappa shape index (κ2) is 5.51. The number of piperazine rings is 1. The van der Waals surface area contributed by atoms with E-state index in [9.17, 15) is 0 Å². The van der Waals surface area contributed by atoms with Gasteiger partial charge in [-0.3, -0.25) is 4.90 Å². The largest absolute Gasteiger partial charge is 0.333 e. The molecule has 0 aromatic heterocycles. The van der Waals surface area contributed by atoms with Gasteiger partial charge in [0.25, 0.3) is 0 Å². The highest BCUT2D eigenvalue weighted by Crippen LogP contribution is 1.86. The Morgan fingerprint density at radius 2 is 2.00 bits per heavy atom. The molecule has 1 saturated heterocycles. The predicted molar refractivity (Wildman–Crippen MR) is 51.3 cm³/mol. The van der Waals surface area contributed by atoms with Crippen LogP contribution in [0, 0.1) is 0 Å². The maximum absolute atomic E-state index is 5.48. The van der Waals surface area contributed by atoms with Gasteiger partial charge in [-0.25, -0.2) is 0 Å². The predicted octanol–water partition coefficient (Wildman–Crippen LogP) is -1.44. The molecule has 0 radical (unpaired) electrons. The zero-order valence-corrected chi connectivity index (χ0v) is 8.18. The van der Waals surface area contributed by atoms with Gasteiger partial charge in [-0.05, 0) is 13.1 Å². The van der Waals surface area contributed by atoms with E-state index in [2.05, 4.69) is 11.8 Å². The molecule has 3 heteroatoms. The fourth-order valence-corrected chi connectivity index (χ4v) is 1.79. The first-order valence-corrected chi connectivity index (χ1v) is 5.12. The van der Waals surface area contributed by atoms with Crippen LogP contribution in [0.5, 0.6) is 0 Å². The quantitative estimate of drug-likeness (QED) is 0.544. The molecule has 0 spiro atoms. The molecule has 3 nitrogen and oxygen atoms in total. The molecule has 1 heterocycles. The highest BCUT2D eigenvalue weighted by Gasteiger charge is 2.17. The summed E-state index contributed by atoms with van der Waals surface area (Å²) in [5.74, 6) is 0. The van der Waals surface area contributed by atoms with E-state index in [0.717, 1.165) is 6.54 Å². The third-order valence-electron chi connectivity index (χ3n) is 2.74. The molecule has 0 atom stereocenters. The number of nitrogens with two attached hydrogens (primary N) is 1. The van der Waals surface area contributed by atoms with Crippen molar-refractivity contribution >= 4 is 0 Å². The number of rotatable bonds is 4. The van der Waals surface area contributed by atoms with E-state index in [1.807, 2.05) is 0 Å². The van der Waals surface area contributed by atoms with Gasteiger partial charge in [0.05, 0.1) is 19.6 Å². The van der Waals surface area contributed by atoms with Crippen LogP contribution in [0.15, 0.2) is 0 Å². The molecule has 12 heavy (non-hydrogen) atoms. The lowest BCUT2D eigenvalue weighted by Gasteiger charge is -2.31. The van der Waals surface area contributed by atoms with Gasteiger partial charge in [-0.1, -0.05) is 6.92 Å². The van der Waals surface area contributed by atoms with Crippen LogP contribution in [0.1, 0.15) is 13.3 Å². The van der Waals surface area contributed by atoms with Crippen LogP contribution in [-0.4, -0.2) is 50.7 Å². The third-order valence-corrected chi connectivity index (χ3v) is 2.74. The summed E-state index contributed by atoms with van der Waals surface area (Å²) in [4.78, 5) is 4.26. The van der Waals surface area contributed by atoms with Crippen molar-refractivity contribution in [2.24, 2.45) is 5.73 Å². The molecule has 0 bridgehead atoms. The summed E-state index contributed by atoms with van der Waals surface area (Å²) >= 11 is 0. The molecule has 1 aliphatic rings. The summed E-state index contributed by atoms with van der Waals surface area (Å²) in [6.07, 6.45) is 1.18. The van der Waals surface area contributed by atoms with E-state index in [4.69, 9.17) is 5.73 Å². The van der Waals surface area contributed by atoms with Crippen molar-refractivity contribution in [3.63, 3.8) is 0 Å². The Hall–Kier alpha value is -0.120. The molecule has 0 aromatic rings. The standard InChI is InChI=1S/C9H21N3/c1-2-11-6-8-12(9-7-11)5-3-4-10/h2-10H2,1H3/p+1. The van der Waals surface area contributed by atoms with Crippen molar-refractivity contribution < 1.29 is 4.90 Å². The zero-order chi connectivity index (χ0) is 8.81. The Bertz CT molecular complexity index is 108. The molecule has 0 aromatic carbocycles. The molecule has 0 saturated carbocycles. The molecule has 72 valence electrons. The van der Waals surface area contributed by atoms with Crippen LogP contribution in [0.2, 0.25) is 0 Å². The summed E-state index contributed by atoms with van der Waals surface area (Å²) in [6.45, 7) is 10.7. The van der Waals surface area contributed by atoms with Crippen LogP contribution in [0.4, 0.5) is 0 Å². The van der Waals surface area contributed by atoms with Crippen LogP contribution < -0.4 is 10.6 Å². The van der Waals surface area contributed by atoms with E-state index >= 15 is 0 Å². The van der Waals surface area contributed by atoms with Crippen molar-refractivity contribution in [2.75, 3.05) is 45.8 Å². The number of nitrogens with zero attached hydrogens (tertiary/aromatic N) is 1. The Morgan fingerprint density at radius 3 is 2.50 bits per heavy atom. The fraction of sp³-hybridized carbons (Fsp3) is 1.00. The number of likely N-dealkylation sites (N-methyl/N-ethyl adjacent to an activating group) is 1. The molecule has 1 rings (SSSR count). The molecule has 0 unspecified atom stereocenters. The van der Waals surface area contributed by atoms with Crippen molar-refractivity contribution in [1.29, 1.82) is 0 Å². The maximum atomic E-state index is 5.48. The normalized spacial score (nSPS) is 21.5. The Morgan fingerprint density at radius 1 is 1.33 bits per heavy atom. The third kappa shape index (κ3) is 3.09. The van der Waals surface area contributed by atoms with E-state index < -0.39 is 0 Å². The maximum Gasteiger partial charge on any atom is 0.0900 e. The minimum absolute atomic E-state index is 0.848. The highest BCUT2D eigenvalue weighted by atomic mass is 15.3.